The molecule has 1 unspecified atom stereocenters. The highest BCUT2D eigenvalue weighted by Crippen LogP contribution is 2.25. The van der Waals surface area contributed by atoms with E-state index in [9.17, 15) is 0 Å². The Balaban J connectivity index is 1.68. The Morgan fingerprint density at radius 1 is 1.50 bits per heavy atom. The maximum Gasteiger partial charge on any atom is 0.0982 e. The summed E-state index contributed by atoms with van der Waals surface area (Å²) in [4.78, 5) is 4.68. The largest absolute Gasteiger partial charge is 0.378 e. The number of hydrogen-bond acceptors (Lipinski definition) is 4. The van der Waals surface area contributed by atoms with Gasteiger partial charge in [0, 0.05) is 23.9 Å². The monoisotopic (exact) mass is 268 g/mol. The van der Waals surface area contributed by atoms with E-state index in [0.29, 0.717) is 6.10 Å². The predicted octanol–water partition coefficient (Wildman–Crippen LogP) is 3.10. The summed E-state index contributed by atoms with van der Waals surface area (Å²) >= 11 is 1.76. The average Bonchev–Trinajstić information content (AvgIpc) is 2.95. The fraction of sp³-hybridized carbons (Fsp3) is 0.786. The molecule has 1 aliphatic rings. The lowest BCUT2D eigenvalue weighted by atomic mass is 9.98. The lowest BCUT2D eigenvalue weighted by Gasteiger charge is -2.13. The van der Waals surface area contributed by atoms with Crippen LogP contribution >= 0.6 is 11.3 Å². The predicted molar refractivity (Wildman–Crippen MR) is 76.1 cm³/mol. The molecule has 0 radical (unpaired) electrons. The number of hydrogen-bond donors (Lipinski definition) is 1. The topological polar surface area (TPSA) is 34.2 Å². The molecule has 102 valence electrons. The Morgan fingerprint density at radius 2 is 2.33 bits per heavy atom. The van der Waals surface area contributed by atoms with Gasteiger partial charge in [-0.2, -0.15) is 0 Å². The SMILES string of the molecule is CC(C)(C)c1nc(CNCCC2CCCO2)cs1. The molecule has 1 aromatic rings. The summed E-state index contributed by atoms with van der Waals surface area (Å²) in [7, 11) is 0. The van der Waals surface area contributed by atoms with Gasteiger partial charge in [-0.3, -0.25) is 0 Å². The lowest BCUT2D eigenvalue weighted by Crippen LogP contribution is -2.20. The molecule has 0 saturated carbocycles. The van der Waals surface area contributed by atoms with Crippen molar-refractivity contribution in [1.29, 1.82) is 0 Å². The highest BCUT2D eigenvalue weighted by molar-refractivity contribution is 7.09. The van der Waals surface area contributed by atoms with Crippen molar-refractivity contribution in [3.05, 3.63) is 16.1 Å². The van der Waals surface area contributed by atoms with Gasteiger partial charge in [0.1, 0.15) is 0 Å². The Kier molecular flexibility index (Phi) is 4.76. The molecule has 4 heteroatoms. The number of ether oxygens (including phenoxy) is 1. The van der Waals surface area contributed by atoms with E-state index in [1.54, 1.807) is 11.3 Å². The number of thiazole rings is 1. The highest BCUT2D eigenvalue weighted by atomic mass is 32.1. The first-order valence-corrected chi connectivity index (χ1v) is 7.71. The summed E-state index contributed by atoms with van der Waals surface area (Å²) in [5.41, 5.74) is 1.33. The summed E-state index contributed by atoms with van der Waals surface area (Å²) in [6.45, 7) is 9.47. The molecule has 18 heavy (non-hydrogen) atoms. The van der Waals surface area contributed by atoms with Crippen LogP contribution in [0.15, 0.2) is 5.38 Å². The molecule has 0 bridgehead atoms. The van der Waals surface area contributed by atoms with Crippen LogP contribution in [0, 0.1) is 0 Å². The maximum absolute atomic E-state index is 5.60. The Morgan fingerprint density at radius 3 is 2.94 bits per heavy atom. The summed E-state index contributed by atoms with van der Waals surface area (Å²) in [6, 6.07) is 0. The third-order valence-corrected chi connectivity index (χ3v) is 4.48. The van der Waals surface area contributed by atoms with Crippen LogP contribution in [0.25, 0.3) is 0 Å². The van der Waals surface area contributed by atoms with Crippen molar-refractivity contribution in [1.82, 2.24) is 10.3 Å². The van der Waals surface area contributed by atoms with Crippen LogP contribution < -0.4 is 5.32 Å². The second kappa shape index (κ2) is 6.13. The fourth-order valence-electron chi connectivity index (χ4n) is 2.08. The van der Waals surface area contributed by atoms with Crippen LogP contribution in [0.5, 0.6) is 0 Å². The zero-order chi connectivity index (χ0) is 13.0. The van der Waals surface area contributed by atoms with E-state index in [1.807, 2.05) is 0 Å². The van der Waals surface area contributed by atoms with E-state index in [1.165, 1.54) is 17.8 Å². The molecule has 1 aliphatic heterocycles. The summed E-state index contributed by atoms with van der Waals surface area (Å²) in [5.74, 6) is 0. The minimum Gasteiger partial charge on any atom is -0.378 e. The molecule has 1 aromatic heterocycles. The van der Waals surface area contributed by atoms with Crippen molar-refractivity contribution in [2.75, 3.05) is 13.2 Å². The molecule has 1 saturated heterocycles. The van der Waals surface area contributed by atoms with E-state index in [-0.39, 0.29) is 5.41 Å². The molecule has 1 N–H and O–H groups in total. The molecule has 0 aliphatic carbocycles. The highest BCUT2D eigenvalue weighted by Gasteiger charge is 2.18. The van der Waals surface area contributed by atoms with Crippen molar-refractivity contribution < 1.29 is 4.74 Å². The van der Waals surface area contributed by atoms with Crippen molar-refractivity contribution >= 4 is 11.3 Å². The molecule has 3 nitrogen and oxygen atoms in total. The van der Waals surface area contributed by atoms with Crippen LogP contribution in [0.4, 0.5) is 0 Å². The molecule has 1 fully saturated rings. The minimum absolute atomic E-state index is 0.167. The Hall–Kier alpha value is -0.450. The third kappa shape index (κ3) is 4.04. The molecule has 0 spiro atoms. The van der Waals surface area contributed by atoms with Crippen LogP contribution in [0.2, 0.25) is 0 Å². The van der Waals surface area contributed by atoms with Gasteiger partial charge in [-0.15, -0.1) is 11.3 Å². The molecular weight excluding hydrogens is 244 g/mol. The van der Waals surface area contributed by atoms with Gasteiger partial charge < -0.3 is 10.1 Å². The quantitative estimate of drug-likeness (QED) is 0.833. The maximum atomic E-state index is 5.60. The lowest BCUT2D eigenvalue weighted by molar-refractivity contribution is 0.104. The molecule has 2 heterocycles. The van der Waals surface area contributed by atoms with Gasteiger partial charge in [-0.25, -0.2) is 4.98 Å². The van der Waals surface area contributed by atoms with E-state index in [0.717, 1.165) is 31.8 Å². The minimum atomic E-state index is 0.167. The molecule has 2 rings (SSSR count). The summed E-state index contributed by atoms with van der Waals surface area (Å²) < 4.78 is 5.60. The second-order valence-electron chi connectivity index (χ2n) is 5.99. The molecule has 0 aromatic carbocycles. The number of nitrogens with one attached hydrogen (secondary N) is 1. The van der Waals surface area contributed by atoms with Crippen molar-refractivity contribution in [2.45, 2.75) is 58.1 Å². The van der Waals surface area contributed by atoms with Crippen LogP contribution in [-0.4, -0.2) is 24.2 Å². The van der Waals surface area contributed by atoms with Crippen molar-refractivity contribution in [3.8, 4) is 0 Å². The van der Waals surface area contributed by atoms with Crippen molar-refractivity contribution in [3.63, 3.8) is 0 Å². The molecule has 0 amide bonds. The van der Waals surface area contributed by atoms with Gasteiger partial charge in [0.15, 0.2) is 0 Å². The molecular formula is C14H24N2OS. The smallest absolute Gasteiger partial charge is 0.0982 e. The molecule has 1 atom stereocenters. The zero-order valence-corrected chi connectivity index (χ0v) is 12.5. The first-order chi connectivity index (χ1) is 8.55. The van der Waals surface area contributed by atoms with Gasteiger partial charge >= 0.3 is 0 Å². The number of rotatable bonds is 5. The number of nitrogens with zero attached hydrogens (tertiary/aromatic N) is 1. The van der Waals surface area contributed by atoms with E-state index >= 15 is 0 Å². The van der Waals surface area contributed by atoms with E-state index in [4.69, 9.17) is 4.74 Å². The zero-order valence-electron chi connectivity index (χ0n) is 11.7. The van der Waals surface area contributed by atoms with Gasteiger partial charge in [0.05, 0.1) is 16.8 Å². The normalized spacial score (nSPS) is 20.5. The standard InChI is InChI=1S/C14H24N2OS/c1-14(2,3)13-16-11(10-18-13)9-15-7-6-12-5-4-8-17-12/h10,12,15H,4-9H2,1-3H3. The first-order valence-electron chi connectivity index (χ1n) is 6.83. The summed E-state index contributed by atoms with van der Waals surface area (Å²) in [6.07, 6.45) is 4.06. The number of aromatic nitrogens is 1. The van der Waals surface area contributed by atoms with Crippen LogP contribution in [-0.2, 0) is 16.7 Å². The van der Waals surface area contributed by atoms with Gasteiger partial charge in [-0.05, 0) is 25.8 Å². The van der Waals surface area contributed by atoms with E-state index < -0.39 is 0 Å². The third-order valence-electron chi connectivity index (χ3n) is 3.17. The first kappa shape index (κ1) is 14.0. The Labute approximate surface area is 114 Å². The fourth-order valence-corrected chi connectivity index (χ4v) is 2.99. The summed E-state index contributed by atoms with van der Waals surface area (Å²) in [5, 5.41) is 6.84. The second-order valence-corrected chi connectivity index (χ2v) is 6.85. The van der Waals surface area contributed by atoms with Crippen LogP contribution in [0.3, 0.4) is 0 Å². The van der Waals surface area contributed by atoms with Crippen molar-refractivity contribution in [2.24, 2.45) is 0 Å². The Bertz CT molecular complexity index is 364. The van der Waals surface area contributed by atoms with Crippen LogP contribution in [0.1, 0.15) is 50.7 Å². The van der Waals surface area contributed by atoms with Gasteiger partial charge in [0.2, 0.25) is 0 Å². The average molecular weight is 268 g/mol. The van der Waals surface area contributed by atoms with Gasteiger partial charge in [0.25, 0.3) is 0 Å². The van der Waals surface area contributed by atoms with E-state index in [2.05, 4.69) is 36.5 Å². The van der Waals surface area contributed by atoms with Gasteiger partial charge in [-0.1, -0.05) is 20.8 Å².